The average Bonchev–Trinajstić information content (AvgIpc) is 2.12. The summed E-state index contributed by atoms with van der Waals surface area (Å²) >= 11 is 1.37. The first-order valence-electron chi connectivity index (χ1n) is 5.39. The molecular formula is C12H16F2N2OS. The maximum Gasteiger partial charge on any atom is 0.234 e. The number of nitrogens with one attached hydrogen (secondary N) is 1. The van der Waals surface area contributed by atoms with E-state index in [2.05, 4.69) is 5.32 Å². The summed E-state index contributed by atoms with van der Waals surface area (Å²) < 4.78 is 25.7. The quantitative estimate of drug-likeness (QED) is 0.866. The summed E-state index contributed by atoms with van der Waals surface area (Å²) in [7, 11) is 0. The second-order valence-electron chi connectivity index (χ2n) is 4.69. The lowest BCUT2D eigenvalue weighted by atomic mass is 10.1. The van der Waals surface area contributed by atoms with Gasteiger partial charge in [0.25, 0.3) is 0 Å². The lowest BCUT2D eigenvalue weighted by Crippen LogP contribution is -2.35. The Labute approximate surface area is 109 Å². The van der Waals surface area contributed by atoms with Crippen molar-refractivity contribution in [2.24, 2.45) is 5.73 Å². The van der Waals surface area contributed by atoms with Gasteiger partial charge < -0.3 is 11.1 Å². The molecule has 0 unspecified atom stereocenters. The Morgan fingerprint density at radius 2 is 1.89 bits per heavy atom. The van der Waals surface area contributed by atoms with Gasteiger partial charge in [-0.3, -0.25) is 4.79 Å². The van der Waals surface area contributed by atoms with Gasteiger partial charge in [-0.1, -0.05) is 0 Å². The molecule has 0 fully saturated rings. The molecule has 0 saturated heterocycles. The highest BCUT2D eigenvalue weighted by Crippen LogP contribution is 2.14. The minimum atomic E-state index is -0.721. The molecule has 0 aliphatic carbocycles. The van der Waals surface area contributed by atoms with E-state index in [1.165, 1.54) is 11.8 Å². The van der Waals surface area contributed by atoms with Crippen LogP contribution in [0.5, 0.6) is 0 Å². The molecule has 0 radical (unpaired) electrons. The van der Waals surface area contributed by atoms with Gasteiger partial charge in [0.1, 0.15) is 11.6 Å². The number of rotatable bonds is 5. The monoisotopic (exact) mass is 274 g/mol. The summed E-state index contributed by atoms with van der Waals surface area (Å²) in [6, 6.07) is 2.89. The minimum absolute atomic E-state index is 0.116. The van der Waals surface area contributed by atoms with Crippen LogP contribution in [0.25, 0.3) is 0 Å². The molecule has 1 aromatic rings. The molecule has 0 aromatic heterocycles. The topological polar surface area (TPSA) is 55.1 Å². The normalized spacial score (nSPS) is 11.4. The molecule has 1 rings (SSSR count). The van der Waals surface area contributed by atoms with Crippen molar-refractivity contribution in [2.45, 2.75) is 19.4 Å². The van der Waals surface area contributed by atoms with Crippen molar-refractivity contribution in [3.8, 4) is 0 Å². The van der Waals surface area contributed by atoms with Crippen LogP contribution in [0.4, 0.5) is 14.5 Å². The Morgan fingerprint density at radius 1 is 1.33 bits per heavy atom. The van der Waals surface area contributed by atoms with Crippen LogP contribution in [-0.2, 0) is 4.79 Å². The zero-order chi connectivity index (χ0) is 13.8. The van der Waals surface area contributed by atoms with Gasteiger partial charge in [0, 0.05) is 23.0 Å². The Bertz CT molecular complexity index is 412. The van der Waals surface area contributed by atoms with Crippen LogP contribution in [0.3, 0.4) is 0 Å². The highest BCUT2D eigenvalue weighted by Gasteiger charge is 2.12. The van der Waals surface area contributed by atoms with Crippen molar-refractivity contribution >= 4 is 23.4 Å². The van der Waals surface area contributed by atoms with Crippen molar-refractivity contribution in [1.82, 2.24) is 0 Å². The predicted octanol–water partition coefficient (Wildman–Crippen LogP) is 2.37. The molecule has 3 N–H and O–H groups in total. The largest absolute Gasteiger partial charge is 0.325 e. The van der Waals surface area contributed by atoms with Crippen molar-refractivity contribution < 1.29 is 13.6 Å². The number of anilines is 1. The summed E-state index contributed by atoms with van der Waals surface area (Å²) in [5.41, 5.74) is 5.53. The number of hydrogen-bond acceptors (Lipinski definition) is 3. The molecular weight excluding hydrogens is 258 g/mol. The summed E-state index contributed by atoms with van der Waals surface area (Å²) in [5, 5.41) is 2.43. The number of nitrogens with two attached hydrogens (primary N) is 1. The highest BCUT2D eigenvalue weighted by molar-refractivity contribution is 8.00. The fourth-order valence-corrected chi connectivity index (χ4v) is 2.12. The fourth-order valence-electron chi connectivity index (χ4n) is 1.23. The summed E-state index contributed by atoms with van der Waals surface area (Å²) in [6.07, 6.45) is 0. The third-order valence-electron chi connectivity index (χ3n) is 1.85. The molecule has 100 valence electrons. The fraction of sp³-hybridized carbons (Fsp3) is 0.417. The van der Waals surface area contributed by atoms with Gasteiger partial charge in [-0.25, -0.2) is 8.78 Å². The third kappa shape index (κ3) is 5.97. The lowest BCUT2D eigenvalue weighted by molar-refractivity contribution is -0.113. The Morgan fingerprint density at radius 3 is 2.39 bits per heavy atom. The zero-order valence-corrected chi connectivity index (χ0v) is 11.1. The Hall–Kier alpha value is -1.14. The number of carbonyl (C=O) groups is 1. The predicted molar refractivity (Wildman–Crippen MR) is 70.6 cm³/mol. The number of amides is 1. The van der Waals surface area contributed by atoms with Crippen LogP contribution in [0, 0.1) is 11.6 Å². The van der Waals surface area contributed by atoms with Gasteiger partial charge in [-0.2, -0.15) is 11.8 Å². The Kier molecular flexibility index (Phi) is 5.10. The Balaban J connectivity index is 2.45. The molecule has 3 nitrogen and oxygen atoms in total. The number of thioether (sulfide) groups is 1. The van der Waals surface area contributed by atoms with E-state index in [-0.39, 0.29) is 22.9 Å². The van der Waals surface area contributed by atoms with Crippen molar-refractivity contribution in [1.29, 1.82) is 0 Å². The second kappa shape index (κ2) is 6.15. The van der Waals surface area contributed by atoms with E-state index in [4.69, 9.17) is 5.73 Å². The van der Waals surface area contributed by atoms with E-state index in [1.807, 2.05) is 13.8 Å². The van der Waals surface area contributed by atoms with E-state index >= 15 is 0 Å². The number of carbonyl (C=O) groups excluding carboxylic acids is 1. The van der Waals surface area contributed by atoms with E-state index < -0.39 is 11.6 Å². The first-order valence-corrected chi connectivity index (χ1v) is 6.54. The highest BCUT2D eigenvalue weighted by atomic mass is 32.2. The van der Waals surface area contributed by atoms with Crippen molar-refractivity contribution in [3.63, 3.8) is 0 Å². The van der Waals surface area contributed by atoms with Crippen LogP contribution in [0.2, 0.25) is 0 Å². The molecule has 6 heteroatoms. The lowest BCUT2D eigenvalue weighted by Gasteiger charge is -2.17. The van der Waals surface area contributed by atoms with Gasteiger partial charge in [0.15, 0.2) is 0 Å². The number of halogens is 2. The average molecular weight is 274 g/mol. The van der Waals surface area contributed by atoms with E-state index in [0.29, 0.717) is 5.75 Å². The maximum absolute atomic E-state index is 12.9. The van der Waals surface area contributed by atoms with Gasteiger partial charge in [0.05, 0.1) is 5.75 Å². The standard InChI is InChI=1S/C12H16F2N2OS/c1-12(2,15)7-18-6-11(17)16-10-4-8(13)3-9(14)5-10/h3-5H,6-7,15H2,1-2H3,(H,16,17). The van der Waals surface area contributed by atoms with Gasteiger partial charge >= 0.3 is 0 Å². The molecule has 0 spiro atoms. The summed E-state index contributed by atoms with van der Waals surface area (Å²) in [5.74, 6) is -0.937. The van der Waals surface area contributed by atoms with Crippen LogP contribution in [0.15, 0.2) is 18.2 Å². The van der Waals surface area contributed by atoms with E-state index in [1.54, 1.807) is 0 Å². The van der Waals surface area contributed by atoms with Crippen molar-refractivity contribution in [2.75, 3.05) is 16.8 Å². The smallest absolute Gasteiger partial charge is 0.234 e. The number of hydrogen-bond donors (Lipinski definition) is 2. The molecule has 0 bridgehead atoms. The molecule has 18 heavy (non-hydrogen) atoms. The first kappa shape index (κ1) is 14.9. The maximum atomic E-state index is 12.9. The molecule has 0 aliphatic heterocycles. The summed E-state index contributed by atoms with van der Waals surface area (Å²) in [4.78, 5) is 11.5. The minimum Gasteiger partial charge on any atom is -0.325 e. The van der Waals surface area contributed by atoms with Crippen LogP contribution < -0.4 is 11.1 Å². The molecule has 0 saturated carbocycles. The van der Waals surface area contributed by atoms with Crippen LogP contribution >= 0.6 is 11.8 Å². The molecule has 1 aromatic carbocycles. The van der Waals surface area contributed by atoms with E-state index in [0.717, 1.165) is 18.2 Å². The third-order valence-corrected chi connectivity index (χ3v) is 3.27. The van der Waals surface area contributed by atoms with Gasteiger partial charge in [-0.05, 0) is 26.0 Å². The van der Waals surface area contributed by atoms with Crippen molar-refractivity contribution in [3.05, 3.63) is 29.8 Å². The second-order valence-corrected chi connectivity index (χ2v) is 5.67. The van der Waals surface area contributed by atoms with E-state index in [9.17, 15) is 13.6 Å². The SMILES string of the molecule is CC(C)(N)CSCC(=O)Nc1cc(F)cc(F)c1. The zero-order valence-electron chi connectivity index (χ0n) is 10.3. The molecule has 0 atom stereocenters. The number of benzene rings is 1. The first-order chi connectivity index (χ1) is 8.26. The van der Waals surface area contributed by atoms with Crippen LogP contribution in [-0.4, -0.2) is 23.0 Å². The molecule has 0 heterocycles. The summed E-state index contributed by atoms with van der Waals surface area (Å²) in [6.45, 7) is 3.72. The van der Waals surface area contributed by atoms with Gasteiger partial charge in [0.2, 0.25) is 5.91 Å². The van der Waals surface area contributed by atoms with Crippen LogP contribution in [0.1, 0.15) is 13.8 Å². The molecule has 1 amide bonds. The van der Waals surface area contributed by atoms with Gasteiger partial charge in [-0.15, -0.1) is 0 Å². The molecule has 0 aliphatic rings.